The lowest BCUT2D eigenvalue weighted by atomic mass is 10.1. The Morgan fingerprint density at radius 2 is 1.76 bits per heavy atom. The number of imidazole rings is 1. The minimum Gasteiger partial charge on any atom is -0.465 e. The molecule has 0 radical (unpaired) electrons. The molecule has 2 aromatic carbocycles. The zero-order valence-corrected chi connectivity index (χ0v) is 14.2. The maximum absolute atomic E-state index is 12.5. The van der Waals surface area contributed by atoms with E-state index < -0.39 is 5.97 Å². The van der Waals surface area contributed by atoms with Crippen molar-refractivity contribution in [2.75, 3.05) is 20.7 Å². The summed E-state index contributed by atoms with van der Waals surface area (Å²) >= 11 is 0. The third-order valence-electron chi connectivity index (χ3n) is 4.10. The Bertz CT molecular complexity index is 900. The van der Waals surface area contributed by atoms with Crippen molar-refractivity contribution in [3.05, 3.63) is 66.0 Å². The number of fused-ring (bicyclic) bond motifs is 1. The van der Waals surface area contributed by atoms with Crippen LogP contribution in [0.15, 0.2) is 54.9 Å². The van der Waals surface area contributed by atoms with Crippen LogP contribution in [0.25, 0.3) is 11.0 Å². The van der Waals surface area contributed by atoms with Crippen molar-refractivity contribution >= 4 is 22.9 Å². The van der Waals surface area contributed by atoms with E-state index in [-0.39, 0.29) is 5.91 Å². The second-order valence-electron chi connectivity index (χ2n) is 5.72. The molecule has 0 saturated heterocycles. The first-order valence-corrected chi connectivity index (χ1v) is 7.94. The Balaban J connectivity index is 1.65. The van der Waals surface area contributed by atoms with E-state index >= 15 is 0 Å². The molecule has 3 aromatic rings. The topological polar surface area (TPSA) is 64.4 Å². The Morgan fingerprint density at radius 1 is 1.08 bits per heavy atom. The van der Waals surface area contributed by atoms with Gasteiger partial charge in [0.2, 0.25) is 0 Å². The van der Waals surface area contributed by atoms with Crippen molar-refractivity contribution in [3.8, 4) is 0 Å². The maximum atomic E-state index is 12.5. The molecule has 0 aliphatic carbocycles. The second-order valence-corrected chi connectivity index (χ2v) is 5.72. The molecule has 0 saturated carbocycles. The van der Waals surface area contributed by atoms with Gasteiger partial charge in [0.1, 0.15) is 0 Å². The van der Waals surface area contributed by atoms with Crippen molar-refractivity contribution in [3.63, 3.8) is 0 Å². The Labute approximate surface area is 145 Å². The average Bonchev–Trinajstić information content (AvgIpc) is 3.08. The average molecular weight is 337 g/mol. The number of carbonyl (C=O) groups is 2. The van der Waals surface area contributed by atoms with E-state index in [1.54, 1.807) is 42.5 Å². The highest BCUT2D eigenvalue weighted by Gasteiger charge is 2.13. The van der Waals surface area contributed by atoms with Crippen LogP contribution in [0.1, 0.15) is 20.7 Å². The van der Waals surface area contributed by atoms with Crippen molar-refractivity contribution in [1.82, 2.24) is 14.5 Å². The number of likely N-dealkylation sites (N-methyl/N-ethyl adjacent to an activating group) is 1. The third-order valence-corrected chi connectivity index (χ3v) is 4.10. The van der Waals surface area contributed by atoms with Gasteiger partial charge in [0.15, 0.2) is 0 Å². The molecule has 1 amide bonds. The van der Waals surface area contributed by atoms with E-state index in [1.165, 1.54) is 7.11 Å². The lowest BCUT2D eigenvalue weighted by Gasteiger charge is -2.18. The highest BCUT2D eigenvalue weighted by atomic mass is 16.5. The normalized spacial score (nSPS) is 10.6. The van der Waals surface area contributed by atoms with Gasteiger partial charge in [-0.05, 0) is 36.4 Å². The molecule has 3 rings (SSSR count). The Morgan fingerprint density at radius 3 is 2.48 bits per heavy atom. The van der Waals surface area contributed by atoms with Crippen molar-refractivity contribution < 1.29 is 14.3 Å². The fraction of sp³-hybridized carbons (Fsp3) is 0.211. The molecule has 6 heteroatoms. The first-order valence-electron chi connectivity index (χ1n) is 7.94. The molecule has 0 fully saturated rings. The summed E-state index contributed by atoms with van der Waals surface area (Å²) in [5.74, 6) is -0.514. The van der Waals surface area contributed by atoms with Crippen LogP contribution in [-0.4, -0.2) is 47.0 Å². The third kappa shape index (κ3) is 3.52. The van der Waals surface area contributed by atoms with Gasteiger partial charge in [-0.2, -0.15) is 0 Å². The number of hydrogen-bond donors (Lipinski definition) is 0. The first-order chi connectivity index (χ1) is 12.1. The van der Waals surface area contributed by atoms with E-state index in [0.29, 0.717) is 24.2 Å². The molecule has 1 aromatic heterocycles. The minimum absolute atomic E-state index is 0.0964. The number of rotatable bonds is 5. The summed E-state index contributed by atoms with van der Waals surface area (Å²) in [4.78, 5) is 30.0. The molecule has 0 spiro atoms. The molecule has 0 N–H and O–H groups in total. The molecule has 0 unspecified atom stereocenters. The highest BCUT2D eigenvalue weighted by molar-refractivity contribution is 5.96. The van der Waals surface area contributed by atoms with Crippen LogP contribution in [0.3, 0.4) is 0 Å². The van der Waals surface area contributed by atoms with Crippen molar-refractivity contribution in [2.24, 2.45) is 0 Å². The monoisotopic (exact) mass is 337 g/mol. The van der Waals surface area contributed by atoms with Gasteiger partial charge in [-0.1, -0.05) is 12.1 Å². The fourth-order valence-electron chi connectivity index (χ4n) is 2.63. The summed E-state index contributed by atoms with van der Waals surface area (Å²) in [5.41, 5.74) is 2.94. The minimum atomic E-state index is -0.417. The summed E-state index contributed by atoms with van der Waals surface area (Å²) in [6.45, 7) is 1.21. The predicted molar refractivity (Wildman–Crippen MR) is 94.5 cm³/mol. The summed E-state index contributed by atoms with van der Waals surface area (Å²) in [7, 11) is 3.09. The number of ether oxygens (including phenoxy) is 1. The lowest BCUT2D eigenvalue weighted by molar-refractivity contribution is 0.0600. The smallest absolute Gasteiger partial charge is 0.337 e. The number of esters is 1. The van der Waals surface area contributed by atoms with E-state index in [1.807, 2.05) is 28.8 Å². The van der Waals surface area contributed by atoms with E-state index in [0.717, 1.165) is 11.0 Å². The van der Waals surface area contributed by atoms with Gasteiger partial charge in [-0.25, -0.2) is 9.78 Å². The Kier molecular flexibility index (Phi) is 4.79. The standard InChI is InChI=1S/C19H19N3O3/c1-21(11-12-22-13-20-16-5-3-4-6-17(16)22)18(23)14-7-9-15(10-8-14)19(24)25-2/h3-10,13H,11-12H2,1-2H3. The van der Waals surface area contributed by atoms with Gasteiger partial charge in [0.25, 0.3) is 5.91 Å². The summed E-state index contributed by atoms with van der Waals surface area (Å²) in [6.07, 6.45) is 1.79. The first kappa shape index (κ1) is 16.7. The second kappa shape index (κ2) is 7.17. The van der Waals surface area contributed by atoms with Crippen molar-refractivity contribution in [2.45, 2.75) is 6.54 Å². The van der Waals surface area contributed by atoms with Crippen LogP contribution in [0.4, 0.5) is 0 Å². The molecular weight excluding hydrogens is 318 g/mol. The summed E-state index contributed by atoms with van der Waals surface area (Å²) < 4.78 is 6.68. The highest BCUT2D eigenvalue weighted by Crippen LogP contribution is 2.12. The van der Waals surface area contributed by atoms with Crippen LogP contribution in [0, 0.1) is 0 Å². The molecule has 1 heterocycles. The maximum Gasteiger partial charge on any atom is 0.337 e. The van der Waals surface area contributed by atoms with Gasteiger partial charge in [0, 0.05) is 25.7 Å². The van der Waals surface area contributed by atoms with Gasteiger partial charge >= 0.3 is 5.97 Å². The lowest BCUT2D eigenvalue weighted by Crippen LogP contribution is -2.30. The molecule has 0 bridgehead atoms. The zero-order valence-electron chi connectivity index (χ0n) is 14.2. The van der Waals surface area contributed by atoms with Gasteiger partial charge in [-0.3, -0.25) is 4.79 Å². The predicted octanol–water partition coefficient (Wildman–Crippen LogP) is 2.60. The number of amides is 1. The van der Waals surface area contributed by atoms with E-state index in [4.69, 9.17) is 0 Å². The van der Waals surface area contributed by atoms with Crippen molar-refractivity contribution in [1.29, 1.82) is 0 Å². The van der Waals surface area contributed by atoms with Crippen LogP contribution in [0.2, 0.25) is 0 Å². The SMILES string of the molecule is COC(=O)c1ccc(C(=O)N(C)CCn2cnc3ccccc32)cc1. The summed E-state index contributed by atoms with van der Waals surface area (Å²) in [5, 5.41) is 0. The quantitative estimate of drug-likeness (QED) is 0.671. The zero-order chi connectivity index (χ0) is 17.8. The number of nitrogens with zero attached hydrogens (tertiary/aromatic N) is 3. The number of aromatic nitrogens is 2. The van der Waals surface area contributed by atoms with Crippen LogP contribution in [0.5, 0.6) is 0 Å². The Hall–Kier alpha value is -3.15. The molecular formula is C19H19N3O3. The van der Waals surface area contributed by atoms with Crippen LogP contribution < -0.4 is 0 Å². The van der Waals surface area contributed by atoms with E-state index in [9.17, 15) is 9.59 Å². The van der Waals surface area contributed by atoms with Gasteiger partial charge in [0.05, 0.1) is 30.0 Å². The number of benzene rings is 2. The number of hydrogen-bond acceptors (Lipinski definition) is 4. The fourth-order valence-corrected chi connectivity index (χ4v) is 2.63. The van der Waals surface area contributed by atoms with E-state index in [2.05, 4.69) is 9.72 Å². The molecule has 25 heavy (non-hydrogen) atoms. The number of para-hydroxylation sites is 2. The van der Waals surface area contributed by atoms with Gasteiger partial charge in [-0.15, -0.1) is 0 Å². The largest absolute Gasteiger partial charge is 0.465 e. The molecule has 6 nitrogen and oxygen atoms in total. The molecule has 0 atom stereocenters. The molecule has 128 valence electrons. The van der Waals surface area contributed by atoms with Crippen LogP contribution >= 0.6 is 0 Å². The summed E-state index contributed by atoms with van der Waals surface area (Å²) in [6, 6.07) is 14.4. The molecule has 0 aliphatic rings. The number of carbonyl (C=O) groups excluding carboxylic acids is 2. The van der Waals surface area contributed by atoms with Gasteiger partial charge < -0.3 is 14.2 Å². The van der Waals surface area contributed by atoms with Crippen LogP contribution in [-0.2, 0) is 11.3 Å². The number of methoxy groups -OCH3 is 1. The molecule has 0 aliphatic heterocycles.